The number of amides is 1. The summed E-state index contributed by atoms with van der Waals surface area (Å²) in [7, 11) is 1.85. The molecule has 1 N–H and O–H groups in total. The van der Waals surface area contributed by atoms with Gasteiger partial charge in [0, 0.05) is 12.6 Å². The Morgan fingerprint density at radius 1 is 1.15 bits per heavy atom. The average molecular weight is 449 g/mol. The second kappa shape index (κ2) is 10.5. The van der Waals surface area contributed by atoms with Crippen molar-refractivity contribution in [1.82, 2.24) is 20.1 Å². The van der Waals surface area contributed by atoms with Gasteiger partial charge in [-0.25, -0.2) is 9.78 Å². The van der Waals surface area contributed by atoms with Gasteiger partial charge in [-0.2, -0.15) is 5.10 Å². The number of pyridine rings is 1. The molecule has 2 aromatic heterocycles. The molecule has 0 bridgehead atoms. The van der Waals surface area contributed by atoms with Gasteiger partial charge in [0.1, 0.15) is 11.9 Å². The van der Waals surface area contributed by atoms with Crippen molar-refractivity contribution in [1.29, 1.82) is 0 Å². The van der Waals surface area contributed by atoms with Crippen LogP contribution in [0.5, 0.6) is 5.75 Å². The Bertz CT molecular complexity index is 1070. The molecule has 0 saturated heterocycles. The standard InChI is InChI=1S/C26H32N4O3/c1-18-25(33-21-12-8-5-9-13-21)15-14-23(29-18)22-16-28-30(3)24(22)17-27-26(31)32-19(2)20-10-6-4-7-11-20/h4,6-7,10-11,14-16,19,21H,5,8-9,12-13,17H2,1-3H3,(H,27,31)/t19-/m1/s1. The highest BCUT2D eigenvalue weighted by Crippen LogP contribution is 2.28. The van der Waals surface area contributed by atoms with Crippen LogP contribution in [0.2, 0.25) is 0 Å². The molecule has 1 fully saturated rings. The highest BCUT2D eigenvalue weighted by molar-refractivity contribution is 5.69. The number of hydrogen-bond acceptors (Lipinski definition) is 5. The summed E-state index contributed by atoms with van der Waals surface area (Å²) >= 11 is 0. The fourth-order valence-electron chi connectivity index (χ4n) is 4.22. The molecule has 1 aliphatic carbocycles. The largest absolute Gasteiger partial charge is 0.489 e. The van der Waals surface area contributed by atoms with E-state index in [0.717, 1.165) is 46.8 Å². The molecule has 4 rings (SSSR count). The summed E-state index contributed by atoms with van der Waals surface area (Å²) < 4.78 is 13.5. The number of alkyl carbamates (subject to hydrolysis) is 1. The minimum Gasteiger partial charge on any atom is -0.489 e. The summed E-state index contributed by atoms with van der Waals surface area (Å²) in [5, 5.41) is 7.22. The lowest BCUT2D eigenvalue weighted by Gasteiger charge is -2.23. The normalized spacial score (nSPS) is 15.1. The van der Waals surface area contributed by atoms with Gasteiger partial charge < -0.3 is 14.8 Å². The number of carbonyl (C=O) groups is 1. The molecular formula is C26H32N4O3. The molecule has 0 aliphatic heterocycles. The molecule has 1 atom stereocenters. The highest BCUT2D eigenvalue weighted by atomic mass is 16.6. The van der Waals surface area contributed by atoms with Crippen molar-refractivity contribution in [3.8, 4) is 17.0 Å². The molecule has 0 unspecified atom stereocenters. The van der Waals surface area contributed by atoms with Gasteiger partial charge in [-0.3, -0.25) is 4.68 Å². The summed E-state index contributed by atoms with van der Waals surface area (Å²) in [5.41, 5.74) is 4.34. The van der Waals surface area contributed by atoms with Crippen LogP contribution in [0.4, 0.5) is 4.79 Å². The zero-order valence-corrected chi connectivity index (χ0v) is 19.6. The van der Waals surface area contributed by atoms with E-state index in [1.54, 1.807) is 10.9 Å². The van der Waals surface area contributed by atoms with E-state index in [4.69, 9.17) is 14.5 Å². The van der Waals surface area contributed by atoms with Crippen molar-refractivity contribution in [3.63, 3.8) is 0 Å². The minimum absolute atomic E-state index is 0.285. The number of rotatable bonds is 7. The molecule has 33 heavy (non-hydrogen) atoms. The first-order valence-corrected chi connectivity index (χ1v) is 11.7. The molecule has 1 aliphatic rings. The van der Waals surface area contributed by atoms with E-state index in [2.05, 4.69) is 10.4 Å². The first-order chi connectivity index (χ1) is 16.0. The summed E-state index contributed by atoms with van der Waals surface area (Å²) in [4.78, 5) is 17.1. The van der Waals surface area contributed by atoms with E-state index in [9.17, 15) is 4.79 Å². The number of nitrogens with zero attached hydrogens (tertiary/aromatic N) is 3. The van der Waals surface area contributed by atoms with E-state index in [1.807, 2.05) is 63.4 Å². The van der Waals surface area contributed by atoms with Crippen LogP contribution in [-0.4, -0.2) is 27.0 Å². The number of nitrogens with one attached hydrogen (secondary N) is 1. The third kappa shape index (κ3) is 5.72. The summed E-state index contributed by atoms with van der Waals surface area (Å²) in [6.07, 6.45) is 7.23. The number of hydrogen-bond donors (Lipinski definition) is 1. The highest BCUT2D eigenvalue weighted by Gasteiger charge is 2.19. The smallest absolute Gasteiger partial charge is 0.408 e. The molecule has 1 saturated carbocycles. The topological polar surface area (TPSA) is 78.3 Å². The summed E-state index contributed by atoms with van der Waals surface area (Å²) in [6, 6.07) is 13.6. The van der Waals surface area contributed by atoms with E-state index in [1.165, 1.54) is 19.3 Å². The lowest BCUT2D eigenvalue weighted by molar-refractivity contribution is 0.106. The van der Waals surface area contributed by atoms with Crippen molar-refractivity contribution in [2.24, 2.45) is 7.05 Å². The quantitative estimate of drug-likeness (QED) is 0.517. The van der Waals surface area contributed by atoms with E-state index in [-0.39, 0.29) is 18.8 Å². The van der Waals surface area contributed by atoms with Crippen molar-refractivity contribution < 1.29 is 14.3 Å². The second-order valence-electron chi connectivity index (χ2n) is 8.60. The Hall–Kier alpha value is -3.35. The predicted molar refractivity (Wildman–Crippen MR) is 127 cm³/mol. The van der Waals surface area contributed by atoms with Gasteiger partial charge in [0.2, 0.25) is 0 Å². The van der Waals surface area contributed by atoms with Crippen LogP contribution in [0.1, 0.15) is 62.1 Å². The van der Waals surface area contributed by atoms with Crippen LogP contribution >= 0.6 is 0 Å². The first kappa shape index (κ1) is 22.8. The number of carbonyl (C=O) groups excluding carboxylic acids is 1. The fourth-order valence-corrected chi connectivity index (χ4v) is 4.22. The van der Waals surface area contributed by atoms with Gasteiger partial charge in [-0.1, -0.05) is 36.8 Å². The zero-order valence-electron chi connectivity index (χ0n) is 19.6. The lowest BCUT2D eigenvalue weighted by atomic mass is 9.98. The second-order valence-corrected chi connectivity index (χ2v) is 8.60. The Balaban J connectivity index is 1.41. The molecule has 0 spiro atoms. The van der Waals surface area contributed by atoms with Crippen molar-refractivity contribution >= 4 is 6.09 Å². The van der Waals surface area contributed by atoms with Gasteiger partial charge >= 0.3 is 6.09 Å². The number of ether oxygens (including phenoxy) is 2. The van der Waals surface area contributed by atoms with Gasteiger partial charge in [0.25, 0.3) is 0 Å². The van der Waals surface area contributed by atoms with E-state index < -0.39 is 6.09 Å². The maximum Gasteiger partial charge on any atom is 0.408 e. The van der Waals surface area contributed by atoms with Crippen LogP contribution in [0.25, 0.3) is 11.3 Å². The SMILES string of the molecule is Cc1nc(-c2cnn(C)c2CNC(=O)O[C@H](C)c2ccccc2)ccc1OC1CCCCC1. The van der Waals surface area contributed by atoms with E-state index in [0.29, 0.717) is 0 Å². The average Bonchev–Trinajstić information content (AvgIpc) is 3.20. The Morgan fingerprint density at radius 2 is 1.91 bits per heavy atom. The first-order valence-electron chi connectivity index (χ1n) is 11.7. The number of benzene rings is 1. The maximum atomic E-state index is 12.4. The predicted octanol–water partition coefficient (Wildman–Crippen LogP) is 5.49. The molecule has 2 heterocycles. The van der Waals surface area contributed by atoms with Crippen LogP contribution in [0.15, 0.2) is 48.7 Å². The Kier molecular flexibility index (Phi) is 7.27. The van der Waals surface area contributed by atoms with Gasteiger partial charge in [-0.15, -0.1) is 0 Å². The van der Waals surface area contributed by atoms with Crippen LogP contribution in [0, 0.1) is 6.92 Å². The molecule has 1 aromatic carbocycles. The lowest BCUT2D eigenvalue weighted by Crippen LogP contribution is -2.26. The van der Waals surface area contributed by atoms with Crippen molar-refractivity contribution in [2.45, 2.75) is 64.7 Å². The van der Waals surface area contributed by atoms with Crippen LogP contribution < -0.4 is 10.1 Å². The van der Waals surface area contributed by atoms with Gasteiger partial charge in [0.15, 0.2) is 0 Å². The number of aryl methyl sites for hydroxylation is 2. The van der Waals surface area contributed by atoms with Crippen molar-refractivity contribution in [2.75, 3.05) is 0 Å². The molecule has 174 valence electrons. The molecular weight excluding hydrogens is 416 g/mol. The Labute approximate surface area is 195 Å². The number of aromatic nitrogens is 3. The monoisotopic (exact) mass is 448 g/mol. The zero-order chi connectivity index (χ0) is 23.2. The molecule has 7 heteroatoms. The van der Waals surface area contributed by atoms with Gasteiger partial charge in [0.05, 0.1) is 35.9 Å². The van der Waals surface area contributed by atoms with Gasteiger partial charge in [-0.05, 0) is 57.2 Å². The third-order valence-corrected chi connectivity index (χ3v) is 6.17. The van der Waals surface area contributed by atoms with Crippen LogP contribution in [0.3, 0.4) is 0 Å². The third-order valence-electron chi connectivity index (χ3n) is 6.17. The van der Waals surface area contributed by atoms with E-state index >= 15 is 0 Å². The molecule has 1 amide bonds. The minimum atomic E-state index is -0.473. The van der Waals surface area contributed by atoms with Crippen LogP contribution in [-0.2, 0) is 18.3 Å². The molecule has 3 aromatic rings. The Morgan fingerprint density at radius 3 is 2.64 bits per heavy atom. The molecule has 0 radical (unpaired) electrons. The summed E-state index contributed by atoms with van der Waals surface area (Å²) in [5.74, 6) is 0.840. The molecule has 7 nitrogen and oxygen atoms in total. The van der Waals surface area contributed by atoms with Crippen molar-refractivity contribution in [3.05, 3.63) is 65.6 Å². The summed E-state index contributed by atoms with van der Waals surface area (Å²) in [6.45, 7) is 4.11. The maximum absolute atomic E-state index is 12.4. The fraction of sp³-hybridized carbons (Fsp3) is 0.423.